The summed E-state index contributed by atoms with van der Waals surface area (Å²) in [4.78, 5) is 22.7. The van der Waals surface area contributed by atoms with Crippen LogP contribution in [0, 0.1) is 11.8 Å². The Bertz CT molecular complexity index is 307. The molecule has 19 heavy (non-hydrogen) atoms. The third-order valence-corrected chi connectivity index (χ3v) is 4.01. The molecule has 0 aliphatic heterocycles. The van der Waals surface area contributed by atoms with Crippen molar-refractivity contribution in [2.24, 2.45) is 11.8 Å². The first-order valence-corrected chi connectivity index (χ1v) is 7.31. The molecule has 1 aliphatic rings. The zero-order chi connectivity index (χ0) is 14.3. The van der Waals surface area contributed by atoms with Gasteiger partial charge in [0.15, 0.2) is 0 Å². The predicted octanol–water partition coefficient (Wildman–Crippen LogP) is 2.37. The number of carboxylic acids is 1. The molecule has 1 aliphatic carbocycles. The van der Waals surface area contributed by atoms with Gasteiger partial charge in [-0.15, -0.1) is 0 Å². The number of nitrogens with one attached hydrogen (secondary N) is 2. The Balaban J connectivity index is 2.29. The highest BCUT2D eigenvalue weighted by atomic mass is 16.4. The average Bonchev–Trinajstić information content (AvgIpc) is 2.77. The Morgan fingerprint density at radius 2 is 2.11 bits per heavy atom. The van der Waals surface area contributed by atoms with Crippen LogP contribution in [0.4, 0.5) is 4.79 Å². The molecule has 0 spiro atoms. The first kappa shape index (κ1) is 15.8. The molecular formula is C14H26N2O3. The van der Waals surface area contributed by atoms with Crippen LogP contribution in [0.2, 0.25) is 0 Å². The van der Waals surface area contributed by atoms with Gasteiger partial charge in [-0.1, -0.05) is 39.5 Å². The van der Waals surface area contributed by atoms with E-state index in [1.165, 1.54) is 12.8 Å². The Hall–Kier alpha value is -1.26. The molecule has 5 nitrogen and oxygen atoms in total. The van der Waals surface area contributed by atoms with Gasteiger partial charge in [0.1, 0.15) is 6.04 Å². The van der Waals surface area contributed by atoms with Crippen LogP contribution >= 0.6 is 0 Å². The smallest absolute Gasteiger partial charge is 0.326 e. The van der Waals surface area contributed by atoms with Gasteiger partial charge < -0.3 is 15.7 Å². The normalized spacial score (nSPS) is 23.9. The van der Waals surface area contributed by atoms with Crippen molar-refractivity contribution in [2.75, 3.05) is 6.54 Å². The van der Waals surface area contributed by atoms with E-state index in [0.717, 1.165) is 19.3 Å². The van der Waals surface area contributed by atoms with E-state index in [4.69, 9.17) is 5.11 Å². The number of hydrogen-bond donors (Lipinski definition) is 3. The largest absolute Gasteiger partial charge is 0.480 e. The molecule has 1 rings (SSSR count). The Morgan fingerprint density at radius 1 is 1.37 bits per heavy atom. The minimum Gasteiger partial charge on any atom is -0.480 e. The van der Waals surface area contributed by atoms with Crippen LogP contribution in [-0.2, 0) is 4.79 Å². The maximum absolute atomic E-state index is 11.7. The van der Waals surface area contributed by atoms with Crippen LogP contribution < -0.4 is 10.6 Å². The number of urea groups is 1. The van der Waals surface area contributed by atoms with E-state index in [1.807, 2.05) is 6.92 Å². The van der Waals surface area contributed by atoms with Gasteiger partial charge >= 0.3 is 12.0 Å². The molecule has 0 bridgehead atoms. The van der Waals surface area contributed by atoms with Crippen molar-refractivity contribution in [3.63, 3.8) is 0 Å². The quantitative estimate of drug-likeness (QED) is 0.664. The summed E-state index contributed by atoms with van der Waals surface area (Å²) in [5, 5.41) is 14.4. The summed E-state index contributed by atoms with van der Waals surface area (Å²) < 4.78 is 0. The number of rotatable bonds is 7. The molecular weight excluding hydrogens is 244 g/mol. The Kier molecular flexibility index (Phi) is 6.67. The fourth-order valence-electron chi connectivity index (χ4n) is 2.62. The highest BCUT2D eigenvalue weighted by Crippen LogP contribution is 2.30. The second-order valence-electron chi connectivity index (χ2n) is 5.56. The van der Waals surface area contributed by atoms with E-state index < -0.39 is 12.0 Å². The maximum atomic E-state index is 11.7. The molecule has 0 radical (unpaired) electrons. The number of carbonyl (C=O) groups excluding carboxylic acids is 1. The van der Waals surface area contributed by atoms with Crippen molar-refractivity contribution in [2.45, 2.75) is 58.4 Å². The van der Waals surface area contributed by atoms with E-state index in [2.05, 4.69) is 17.6 Å². The molecule has 0 aromatic carbocycles. The molecule has 0 saturated heterocycles. The first-order chi connectivity index (χ1) is 9.04. The van der Waals surface area contributed by atoms with Crippen molar-refractivity contribution in [3.05, 3.63) is 0 Å². The first-order valence-electron chi connectivity index (χ1n) is 7.31. The Morgan fingerprint density at radius 3 is 2.63 bits per heavy atom. The predicted molar refractivity (Wildman–Crippen MR) is 74.0 cm³/mol. The minimum atomic E-state index is -0.960. The van der Waals surface area contributed by atoms with Crippen LogP contribution in [0.1, 0.15) is 52.4 Å². The summed E-state index contributed by atoms with van der Waals surface area (Å²) in [5.74, 6) is 0.221. The molecule has 5 heteroatoms. The van der Waals surface area contributed by atoms with Gasteiger partial charge in [0, 0.05) is 6.54 Å². The van der Waals surface area contributed by atoms with Gasteiger partial charge in [-0.05, 0) is 24.7 Å². The van der Waals surface area contributed by atoms with E-state index in [1.54, 1.807) is 0 Å². The highest BCUT2D eigenvalue weighted by molar-refractivity contribution is 5.82. The number of aliphatic carboxylic acids is 1. The number of unbranched alkanes of at least 4 members (excludes halogenated alkanes) is 1. The second kappa shape index (κ2) is 8.02. The molecule has 1 saturated carbocycles. The molecule has 0 aromatic rings. The van der Waals surface area contributed by atoms with Crippen molar-refractivity contribution >= 4 is 12.0 Å². The SMILES string of the molecule is CCCC[C@H](NC(=O)NCC1CCCC1C)C(=O)O. The van der Waals surface area contributed by atoms with Gasteiger partial charge in [0.25, 0.3) is 0 Å². The Labute approximate surface area is 115 Å². The number of hydrogen-bond acceptors (Lipinski definition) is 2. The average molecular weight is 270 g/mol. The van der Waals surface area contributed by atoms with E-state index >= 15 is 0 Å². The molecule has 3 atom stereocenters. The van der Waals surface area contributed by atoms with Crippen molar-refractivity contribution in [1.82, 2.24) is 10.6 Å². The minimum absolute atomic E-state index is 0.359. The zero-order valence-corrected chi connectivity index (χ0v) is 11.9. The van der Waals surface area contributed by atoms with Crippen LogP contribution in [0.15, 0.2) is 0 Å². The number of carbonyl (C=O) groups is 2. The van der Waals surface area contributed by atoms with Crippen molar-refractivity contribution in [3.8, 4) is 0 Å². The van der Waals surface area contributed by atoms with Gasteiger partial charge in [0.2, 0.25) is 0 Å². The lowest BCUT2D eigenvalue weighted by atomic mass is 9.98. The second-order valence-corrected chi connectivity index (χ2v) is 5.56. The van der Waals surface area contributed by atoms with Crippen LogP contribution in [0.25, 0.3) is 0 Å². The van der Waals surface area contributed by atoms with Crippen molar-refractivity contribution < 1.29 is 14.7 Å². The lowest BCUT2D eigenvalue weighted by Gasteiger charge is -2.18. The van der Waals surface area contributed by atoms with Crippen LogP contribution in [0.5, 0.6) is 0 Å². The zero-order valence-electron chi connectivity index (χ0n) is 11.9. The summed E-state index contributed by atoms with van der Waals surface area (Å²) >= 11 is 0. The lowest BCUT2D eigenvalue weighted by molar-refractivity contribution is -0.139. The lowest BCUT2D eigenvalue weighted by Crippen LogP contribution is -2.47. The topological polar surface area (TPSA) is 78.4 Å². The van der Waals surface area contributed by atoms with Gasteiger partial charge in [-0.25, -0.2) is 9.59 Å². The standard InChI is InChI=1S/C14H26N2O3/c1-3-4-8-12(13(17)18)16-14(19)15-9-11-7-5-6-10(11)2/h10-12H,3-9H2,1-2H3,(H,17,18)(H2,15,16,19)/t10?,11?,12-/m0/s1. The fraction of sp³-hybridized carbons (Fsp3) is 0.857. The summed E-state index contributed by atoms with van der Waals surface area (Å²) in [5.41, 5.74) is 0. The summed E-state index contributed by atoms with van der Waals surface area (Å²) in [6.07, 6.45) is 5.81. The van der Waals surface area contributed by atoms with Gasteiger partial charge in [-0.2, -0.15) is 0 Å². The molecule has 0 heterocycles. The summed E-state index contributed by atoms with van der Waals surface area (Å²) in [6, 6.07) is -1.14. The number of carboxylic acid groups (broad SMARTS) is 1. The van der Waals surface area contributed by atoms with Crippen LogP contribution in [0.3, 0.4) is 0 Å². The molecule has 3 N–H and O–H groups in total. The van der Waals surface area contributed by atoms with E-state index in [0.29, 0.717) is 24.8 Å². The third-order valence-electron chi connectivity index (χ3n) is 4.01. The van der Waals surface area contributed by atoms with Gasteiger partial charge in [-0.3, -0.25) is 0 Å². The maximum Gasteiger partial charge on any atom is 0.326 e. The van der Waals surface area contributed by atoms with E-state index in [-0.39, 0.29) is 6.03 Å². The monoisotopic (exact) mass is 270 g/mol. The molecule has 1 fully saturated rings. The molecule has 110 valence electrons. The third kappa shape index (κ3) is 5.49. The van der Waals surface area contributed by atoms with Crippen LogP contribution in [-0.4, -0.2) is 29.7 Å². The molecule has 2 unspecified atom stereocenters. The summed E-state index contributed by atoms with van der Waals surface area (Å²) in [6.45, 7) is 4.85. The molecule has 0 aromatic heterocycles. The van der Waals surface area contributed by atoms with E-state index in [9.17, 15) is 9.59 Å². The van der Waals surface area contributed by atoms with Gasteiger partial charge in [0.05, 0.1) is 0 Å². The fourth-order valence-corrected chi connectivity index (χ4v) is 2.62. The van der Waals surface area contributed by atoms with Crippen molar-refractivity contribution in [1.29, 1.82) is 0 Å². The highest BCUT2D eigenvalue weighted by Gasteiger charge is 2.24. The number of amides is 2. The molecule has 2 amide bonds. The summed E-state index contributed by atoms with van der Waals surface area (Å²) in [7, 11) is 0.